The van der Waals surface area contributed by atoms with Crippen molar-refractivity contribution in [3.8, 4) is 0 Å². The molecule has 1 atom stereocenters. The minimum absolute atomic E-state index is 0.0812. The molecular formula is C43H76O5. The Morgan fingerprint density at radius 1 is 0.500 bits per heavy atom. The van der Waals surface area contributed by atoms with Crippen molar-refractivity contribution >= 4 is 11.9 Å². The normalized spacial score (nSPS) is 12.6. The molecule has 278 valence electrons. The highest BCUT2D eigenvalue weighted by molar-refractivity contribution is 5.70. The maximum absolute atomic E-state index is 12.1. The Balaban J connectivity index is 3.58. The van der Waals surface area contributed by atoms with Crippen LogP contribution < -0.4 is 0 Å². The number of hydrogen-bond acceptors (Lipinski definition) is 5. The van der Waals surface area contributed by atoms with Crippen molar-refractivity contribution in [2.24, 2.45) is 0 Å². The molecular weight excluding hydrogens is 596 g/mol. The quantitative estimate of drug-likeness (QED) is 0.0407. The molecule has 0 radical (unpaired) electrons. The van der Waals surface area contributed by atoms with Crippen molar-refractivity contribution in [2.75, 3.05) is 13.2 Å². The van der Waals surface area contributed by atoms with E-state index < -0.39 is 6.10 Å². The van der Waals surface area contributed by atoms with E-state index in [2.05, 4.69) is 62.5 Å². The molecule has 1 N–H and O–H groups in total. The molecule has 0 rings (SSSR count). The first-order chi connectivity index (χ1) is 23.6. The summed E-state index contributed by atoms with van der Waals surface area (Å²) in [6, 6.07) is 0. The van der Waals surface area contributed by atoms with Crippen molar-refractivity contribution in [3.05, 3.63) is 48.6 Å². The first kappa shape index (κ1) is 45.9. The summed E-state index contributed by atoms with van der Waals surface area (Å²) >= 11 is 0. The SMILES string of the molecule is CCC=CCC=CCC=CCC=CCCCCC(=O)O[C@@H](CO)COC(=O)CCCCCCCCCCCCCCCCCCCCC. The third-order valence-corrected chi connectivity index (χ3v) is 8.64. The zero-order valence-electron chi connectivity index (χ0n) is 31.5. The van der Waals surface area contributed by atoms with Crippen LogP contribution in [0.25, 0.3) is 0 Å². The predicted octanol–water partition coefficient (Wildman–Crippen LogP) is 12.6. The molecule has 0 aliphatic carbocycles. The molecule has 0 aromatic carbocycles. The summed E-state index contributed by atoms with van der Waals surface area (Å²) in [4.78, 5) is 24.2. The van der Waals surface area contributed by atoms with Crippen LogP contribution in [0.3, 0.4) is 0 Å². The van der Waals surface area contributed by atoms with Crippen LogP contribution in [0.15, 0.2) is 48.6 Å². The molecule has 0 bridgehead atoms. The highest BCUT2D eigenvalue weighted by Gasteiger charge is 2.16. The average molecular weight is 673 g/mol. The molecule has 0 aliphatic heterocycles. The zero-order chi connectivity index (χ0) is 35.0. The van der Waals surface area contributed by atoms with Gasteiger partial charge in [-0.1, -0.05) is 178 Å². The Morgan fingerprint density at radius 3 is 1.35 bits per heavy atom. The second-order valence-corrected chi connectivity index (χ2v) is 13.3. The lowest BCUT2D eigenvalue weighted by molar-refractivity contribution is -0.161. The van der Waals surface area contributed by atoms with Gasteiger partial charge in [-0.25, -0.2) is 0 Å². The van der Waals surface area contributed by atoms with E-state index >= 15 is 0 Å². The van der Waals surface area contributed by atoms with Gasteiger partial charge in [0.05, 0.1) is 6.61 Å². The van der Waals surface area contributed by atoms with E-state index in [0.29, 0.717) is 12.8 Å². The zero-order valence-corrected chi connectivity index (χ0v) is 31.5. The van der Waals surface area contributed by atoms with E-state index in [4.69, 9.17) is 9.47 Å². The first-order valence-corrected chi connectivity index (χ1v) is 20.2. The van der Waals surface area contributed by atoms with Crippen molar-refractivity contribution in [1.29, 1.82) is 0 Å². The molecule has 0 unspecified atom stereocenters. The number of rotatable bonds is 36. The van der Waals surface area contributed by atoms with Gasteiger partial charge in [-0.15, -0.1) is 0 Å². The van der Waals surface area contributed by atoms with Crippen molar-refractivity contribution in [3.63, 3.8) is 0 Å². The van der Waals surface area contributed by atoms with Crippen LogP contribution in [-0.2, 0) is 19.1 Å². The van der Waals surface area contributed by atoms with E-state index in [1.165, 1.54) is 103 Å². The first-order valence-electron chi connectivity index (χ1n) is 20.2. The predicted molar refractivity (Wildman–Crippen MR) is 205 cm³/mol. The van der Waals surface area contributed by atoms with E-state index in [1.807, 2.05) is 0 Å². The van der Waals surface area contributed by atoms with Crippen molar-refractivity contribution < 1.29 is 24.2 Å². The van der Waals surface area contributed by atoms with Gasteiger partial charge in [0.1, 0.15) is 6.61 Å². The molecule has 0 saturated heterocycles. The second kappa shape index (κ2) is 39.3. The molecule has 0 saturated carbocycles. The fourth-order valence-electron chi connectivity index (χ4n) is 5.60. The number of carbonyl (C=O) groups is 2. The maximum Gasteiger partial charge on any atom is 0.306 e. The van der Waals surface area contributed by atoms with Crippen LogP contribution in [-0.4, -0.2) is 36.4 Å². The number of hydrogen-bond donors (Lipinski definition) is 1. The Morgan fingerprint density at radius 2 is 0.896 bits per heavy atom. The number of carbonyl (C=O) groups excluding carboxylic acids is 2. The molecule has 0 aliphatic rings. The lowest BCUT2D eigenvalue weighted by Gasteiger charge is -2.15. The van der Waals surface area contributed by atoms with Crippen molar-refractivity contribution in [1.82, 2.24) is 0 Å². The number of allylic oxidation sites excluding steroid dienone is 8. The Hall–Kier alpha value is -2.14. The van der Waals surface area contributed by atoms with Gasteiger partial charge in [-0.3, -0.25) is 9.59 Å². The van der Waals surface area contributed by atoms with Crippen LogP contribution in [0.4, 0.5) is 0 Å². The van der Waals surface area contributed by atoms with Gasteiger partial charge in [-0.05, 0) is 51.4 Å². The lowest BCUT2D eigenvalue weighted by Crippen LogP contribution is -2.28. The Labute approximate surface area is 297 Å². The summed E-state index contributed by atoms with van der Waals surface area (Å²) in [7, 11) is 0. The number of aliphatic hydroxyl groups excluding tert-OH is 1. The van der Waals surface area contributed by atoms with E-state index in [1.54, 1.807) is 0 Å². The van der Waals surface area contributed by atoms with Crippen LogP contribution >= 0.6 is 0 Å². The molecule has 48 heavy (non-hydrogen) atoms. The van der Waals surface area contributed by atoms with Crippen LogP contribution in [0.1, 0.15) is 194 Å². The molecule has 5 heteroatoms. The summed E-state index contributed by atoms with van der Waals surface area (Å²) in [6.45, 7) is 3.99. The van der Waals surface area contributed by atoms with E-state index in [0.717, 1.165) is 64.2 Å². The standard InChI is InChI=1S/C43H76O5/c1-3-5-7-9-11-13-15-17-19-20-21-22-24-25-27-29-31-33-35-37-42(45)47-40-41(39-44)48-43(46)38-36-34-32-30-28-26-23-18-16-14-12-10-8-6-4-2/h6,8,12,14,18,23,28,30,41,44H,3-5,7,9-11,13,15-17,19-22,24-27,29,31-40H2,1-2H3/t41-/m0/s1. The number of esters is 2. The second-order valence-electron chi connectivity index (χ2n) is 13.3. The average Bonchev–Trinajstić information content (AvgIpc) is 3.09. The minimum atomic E-state index is -0.791. The Kier molecular flexibility index (Phi) is 37.5. The van der Waals surface area contributed by atoms with Crippen LogP contribution in [0.5, 0.6) is 0 Å². The molecule has 0 spiro atoms. The molecule has 0 aromatic heterocycles. The highest BCUT2D eigenvalue weighted by Crippen LogP contribution is 2.15. The molecule has 0 fully saturated rings. The van der Waals surface area contributed by atoms with Gasteiger partial charge in [-0.2, -0.15) is 0 Å². The van der Waals surface area contributed by atoms with E-state index in [9.17, 15) is 14.7 Å². The van der Waals surface area contributed by atoms with E-state index in [-0.39, 0.29) is 25.2 Å². The summed E-state index contributed by atoms with van der Waals surface area (Å²) in [5, 5.41) is 9.55. The smallest absolute Gasteiger partial charge is 0.306 e. The van der Waals surface area contributed by atoms with Crippen molar-refractivity contribution in [2.45, 2.75) is 200 Å². The van der Waals surface area contributed by atoms with Crippen LogP contribution in [0, 0.1) is 0 Å². The minimum Gasteiger partial charge on any atom is -0.462 e. The number of ether oxygens (including phenoxy) is 2. The van der Waals surface area contributed by atoms with Gasteiger partial charge >= 0.3 is 11.9 Å². The summed E-state index contributed by atoms with van der Waals surface area (Å²) in [5.41, 5.74) is 0. The third-order valence-electron chi connectivity index (χ3n) is 8.64. The fraction of sp³-hybridized carbons (Fsp3) is 0.767. The number of unbranched alkanes of at least 4 members (excludes halogenated alkanes) is 20. The topological polar surface area (TPSA) is 72.8 Å². The van der Waals surface area contributed by atoms with Gasteiger partial charge in [0.2, 0.25) is 0 Å². The summed E-state index contributed by atoms with van der Waals surface area (Å²) in [6.07, 6.45) is 48.9. The van der Waals surface area contributed by atoms with Gasteiger partial charge in [0, 0.05) is 12.8 Å². The monoisotopic (exact) mass is 673 g/mol. The third kappa shape index (κ3) is 36.7. The Bertz CT molecular complexity index is 812. The fourth-order valence-corrected chi connectivity index (χ4v) is 5.60. The van der Waals surface area contributed by atoms with Gasteiger partial charge in [0.15, 0.2) is 6.10 Å². The summed E-state index contributed by atoms with van der Waals surface area (Å²) in [5.74, 6) is -0.636. The molecule has 0 amide bonds. The van der Waals surface area contributed by atoms with Gasteiger partial charge < -0.3 is 14.6 Å². The number of aliphatic hydroxyl groups is 1. The lowest BCUT2D eigenvalue weighted by atomic mass is 10.0. The largest absolute Gasteiger partial charge is 0.462 e. The van der Waals surface area contributed by atoms with Crippen LogP contribution in [0.2, 0.25) is 0 Å². The maximum atomic E-state index is 12.1. The molecule has 5 nitrogen and oxygen atoms in total. The molecule has 0 heterocycles. The highest BCUT2D eigenvalue weighted by atomic mass is 16.6. The summed E-state index contributed by atoms with van der Waals surface area (Å²) < 4.78 is 10.6. The van der Waals surface area contributed by atoms with Gasteiger partial charge in [0.25, 0.3) is 0 Å². The molecule has 0 aromatic rings.